The van der Waals surface area contributed by atoms with Crippen molar-refractivity contribution < 1.29 is 13.3 Å². The first-order chi connectivity index (χ1) is 11.9. The van der Waals surface area contributed by atoms with Gasteiger partial charge in [0.2, 0.25) is 10.0 Å². The quantitative estimate of drug-likeness (QED) is 0.640. The molecule has 2 aromatic rings. The number of piperazine rings is 1. The van der Waals surface area contributed by atoms with Crippen LogP contribution in [0.3, 0.4) is 0 Å². The van der Waals surface area contributed by atoms with Gasteiger partial charge in [0.15, 0.2) is 0 Å². The highest BCUT2D eigenvalue weighted by atomic mass is 35.5. The number of pyridine rings is 1. The lowest BCUT2D eigenvalue weighted by molar-refractivity contribution is -0.384. The molecule has 8 nitrogen and oxygen atoms in total. The minimum atomic E-state index is -3.92. The van der Waals surface area contributed by atoms with Crippen molar-refractivity contribution in [3.8, 4) is 0 Å². The van der Waals surface area contributed by atoms with Crippen LogP contribution in [-0.2, 0) is 10.0 Å². The number of nitro groups is 1. The topological polar surface area (TPSA) is 105 Å². The lowest BCUT2D eigenvalue weighted by Gasteiger charge is -2.35. The van der Waals surface area contributed by atoms with Crippen LogP contribution in [0.25, 0.3) is 0 Å². The van der Waals surface area contributed by atoms with Gasteiger partial charge in [-0.2, -0.15) is 4.31 Å². The minimum Gasteiger partial charge on any atom is -0.313 e. The number of hydrogen-bond acceptors (Lipinski definition) is 6. The molecule has 1 aliphatic rings. The number of nitrogens with zero attached hydrogens (tertiary/aromatic N) is 3. The van der Waals surface area contributed by atoms with Gasteiger partial charge in [0.25, 0.3) is 5.69 Å². The molecule has 0 saturated carbocycles. The Morgan fingerprint density at radius 2 is 2.16 bits per heavy atom. The third-order valence-corrected chi connectivity index (χ3v) is 6.37. The number of halogens is 1. The van der Waals surface area contributed by atoms with Crippen LogP contribution in [0.5, 0.6) is 0 Å². The highest BCUT2D eigenvalue weighted by Gasteiger charge is 2.36. The Kier molecular flexibility index (Phi) is 5.00. The third-order valence-electron chi connectivity index (χ3n) is 3.98. The van der Waals surface area contributed by atoms with E-state index in [-0.39, 0.29) is 22.2 Å². The van der Waals surface area contributed by atoms with Gasteiger partial charge in [0.1, 0.15) is 4.90 Å². The van der Waals surface area contributed by atoms with Crippen molar-refractivity contribution in [3.63, 3.8) is 0 Å². The third kappa shape index (κ3) is 3.49. The van der Waals surface area contributed by atoms with Crippen molar-refractivity contribution in [2.75, 3.05) is 19.6 Å². The second-order valence-corrected chi connectivity index (χ2v) is 7.76. The highest BCUT2D eigenvalue weighted by Crippen LogP contribution is 2.33. The average molecular weight is 383 g/mol. The second kappa shape index (κ2) is 7.04. The predicted molar refractivity (Wildman–Crippen MR) is 91.8 cm³/mol. The molecule has 1 aromatic heterocycles. The number of nitrogens with one attached hydrogen (secondary N) is 1. The fraction of sp³-hybridized carbons (Fsp3) is 0.267. The van der Waals surface area contributed by atoms with Crippen LogP contribution in [0, 0.1) is 10.1 Å². The van der Waals surface area contributed by atoms with Gasteiger partial charge in [0, 0.05) is 44.2 Å². The van der Waals surface area contributed by atoms with Gasteiger partial charge in [0.05, 0.1) is 16.0 Å². The SMILES string of the molecule is O=[N+]([O-])c1ccc(S(=O)(=O)N2CCNCC2c2cccnc2)c(Cl)c1. The Morgan fingerprint density at radius 3 is 2.80 bits per heavy atom. The van der Waals surface area contributed by atoms with Crippen molar-refractivity contribution in [2.45, 2.75) is 10.9 Å². The van der Waals surface area contributed by atoms with E-state index in [1.54, 1.807) is 18.5 Å². The summed E-state index contributed by atoms with van der Waals surface area (Å²) in [4.78, 5) is 14.1. The lowest BCUT2D eigenvalue weighted by atomic mass is 10.1. The van der Waals surface area contributed by atoms with Gasteiger partial charge in [-0.3, -0.25) is 15.1 Å². The van der Waals surface area contributed by atoms with Crippen LogP contribution in [0.4, 0.5) is 5.69 Å². The Balaban J connectivity index is 2.01. The van der Waals surface area contributed by atoms with Gasteiger partial charge in [-0.05, 0) is 17.7 Å². The largest absolute Gasteiger partial charge is 0.313 e. The van der Waals surface area contributed by atoms with E-state index in [1.807, 2.05) is 6.07 Å². The van der Waals surface area contributed by atoms with E-state index < -0.39 is 21.0 Å². The molecule has 3 rings (SSSR count). The van der Waals surface area contributed by atoms with Crippen molar-refractivity contribution in [3.05, 3.63) is 63.4 Å². The highest BCUT2D eigenvalue weighted by molar-refractivity contribution is 7.89. The molecule has 25 heavy (non-hydrogen) atoms. The monoisotopic (exact) mass is 382 g/mol. The van der Waals surface area contributed by atoms with E-state index in [0.717, 1.165) is 17.7 Å². The molecule has 132 valence electrons. The molecular weight excluding hydrogens is 368 g/mol. The Morgan fingerprint density at radius 1 is 1.36 bits per heavy atom. The van der Waals surface area contributed by atoms with E-state index in [4.69, 9.17) is 11.6 Å². The average Bonchev–Trinajstić information content (AvgIpc) is 2.62. The van der Waals surface area contributed by atoms with Crippen LogP contribution in [0.1, 0.15) is 11.6 Å². The summed E-state index contributed by atoms with van der Waals surface area (Å²) < 4.78 is 27.5. The number of aromatic nitrogens is 1. The molecule has 10 heteroatoms. The lowest BCUT2D eigenvalue weighted by Crippen LogP contribution is -2.48. The number of non-ortho nitro benzene ring substituents is 1. The molecule has 1 unspecified atom stereocenters. The summed E-state index contributed by atoms with van der Waals surface area (Å²) in [6.07, 6.45) is 3.24. The van der Waals surface area contributed by atoms with Crippen LogP contribution < -0.4 is 5.32 Å². The molecule has 1 fully saturated rings. The van der Waals surface area contributed by atoms with Crippen LogP contribution in [0.2, 0.25) is 5.02 Å². The standard InChI is InChI=1S/C15H15ClN4O4S/c16-13-8-12(20(21)22)3-4-15(13)25(23,24)19-7-6-18-10-14(19)11-2-1-5-17-9-11/h1-5,8-9,14,18H,6-7,10H2. The molecule has 1 aromatic carbocycles. The summed E-state index contributed by atoms with van der Waals surface area (Å²) in [5.74, 6) is 0. The number of sulfonamides is 1. The molecule has 1 aliphatic heterocycles. The summed E-state index contributed by atoms with van der Waals surface area (Å²) in [5, 5.41) is 13.8. The number of nitro benzene ring substituents is 1. The summed E-state index contributed by atoms with van der Waals surface area (Å²) in [6.45, 7) is 1.20. The molecular formula is C15H15ClN4O4S. The molecule has 0 spiro atoms. The number of rotatable bonds is 4. The zero-order valence-corrected chi connectivity index (χ0v) is 14.6. The number of benzene rings is 1. The zero-order valence-electron chi connectivity index (χ0n) is 13.0. The maximum atomic E-state index is 13.1. The molecule has 2 heterocycles. The van der Waals surface area contributed by atoms with Crippen LogP contribution >= 0.6 is 11.6 Å². The van der Waals surface area contributed by atoms with Gasteiger partial charge < -0.3 is 5.32 Å². The Hall–Kier alpha value is -2.07. The smallest absolute Gasteiger partial charge is 0.271 e. The molecule has 1 saturated heterocycles. The first-order valence-corrected chi connectivity index (χ1v) is 9.29. The normalized spacial score (nSPS) is 18.8. The van der Waals surface area contributed by atoms with Crippen molar-refractivity contribution >= 4 is 27.3 Å². The van der Waals surface area contributed by atoms with E-state index in [0.29, 0.717) is 13.1 Å². The number of hydrogen-bond donors (Lipinski definition) is 1. The zero-order chi connectivity index (χ0) is 18.0. The molecule has 1 N–H and O–H groups in total. The van der Waals surface area contributed by atoms with E-state index in [2.05, 4.69) is 10.3 Å². The fourth-order valence-electron chi connectivity index (χ4n) is 2.77. The van der Waals surface area contributed by atoms with Crippen LogP contribution in [0.15, 0.2) is 47.6 Å². The summed E-state index contributed by atoms with van der Waals surface area (Å²) in [6, 6.07) is 6.49. The molecule has 0 amide bonds. The Labute approximate surface area is 149 Å². The predicted octanol–water partition coefficient (Wildman–Crippen LogP) is 1.98. The molecule has 0 bridgehead atoms. The molecule has 1 atom stereocenters. The maximum absolute atomic E-state index is 13.1. The van der Waals surface area contributed by atoms with Gasteiger partial charge in [-0.15, -0.1) is 0 Å². The molecule has 0 aliphatic carbocycles. The van der Waals surface area contributed by atoms with Gasteiger partial charge in [-0.25, -0.2) is 8.42 Å². The van der Waals surface area contributed by atoms with Crippen molar-refractivity contribution in [1.82, 2.24) is 14.6 Å². The summed E-state index contributed by atoms with van der Waals surface area (Å²) in [7, 11) is -3.92. The second-order valence-electron chi connectivity index (χ2n) is 5.49. The van der Waals surface area contributed by atoms with Crippen molar-refractivity contribution in [1.29, 1.82) is 0 Å². The first kappa shape index (κ1) is 17.7. The van der Waals surface area contributed by atoms with Gasteiger partial charge >= 0.3 is 0 Å². The fourth-order valence-corrected chi connectivity index (χ4v) is 4.90. The maximum Gasteiger partial charge on any atom is 0.271 e. The van der Waals surface area contributed by atoms with E-state index in [1.165, 1.54) is 10.4 Å². The van der Waals surface area contributed by atoms with E-state index in [9.17, 15) is 18.5 Å². The van der Waals surface area contributed by atoms with Gasteiger partial charge in [-0.1, -0.05) is 17.7 Å². The van der Waals surface area contributed by atoms with Crippen molar-refractivity contribution in [2.24, 2.45) is 0 Å². The van der Waals surface area contributed by atoms with Crippen LogP contribution in [-0.4, -0.2) is 42.3 Å². The summed E-state index contributed by atoms with van der Waals surface area (Å²) >= 11 is 6.03. The Bertz CT molecular complexity index is 892. The van der Waals surface area contributed by atoms with E-state index >= 15 is 0 Å². The summed E-state index contributed by atoms with van der Waals surface area (Å²) in [5.41, 5.74) is 0.504. The first-order valence-electron chi connectivity index (χ1n) is 7.47. The molecule has 0 radical (unpaired) electrons. The minimum absolute atomic E-state index is 0.143.